The number of fused-ring (bicyclic) bond motifs is 1. The van der Waals surface area contributed by atoms with Gasteiger partial charge in [-0.05, 0) is 24.3 Å². The lowest BCUT2D eigenvalue weighted by atomic mass is 10.3. The van der Waals surface area contributed by atoms with E-state index in [1.165, 1.54) is 11.3 Å². The maximum atomic E-state index is 12.6. The Balaban J connectivity index is 2.31. The van der Waals surface area contributed by atoms with Gasteiger partial charge in [-0.1, -0.05) is 35.9 Å². The summed E-state index contributed by atoms with van der Waals surface area (Å²) in [6, 6.07) is 13.8. The van der Waals surface area contributed by atoms with Crippen molar-refractivity contribution in [1.82, 2.24) is 0 Å². The third-order valence-corrected chi connectivity index (χ3v) is 6.06. The molecule has 2 aromatic carbocycles. The zero-order chi connectivity index (χ0) is 13.5. The molecule has 19 heavy (non-hydrogen) atoms. The molecular formula is C14H9ClO2S2. The van der Waals surface area contributed by atoms with Crippen molar-refractivity contribution in [3.63, 3.8) is 0 Å². The van der Waals surface area contributed by atoms with Crippen LogP contribution in [0.3, 0.4) is 0 Å². The topological polar surface area (TPSA) is 34.1 Å². The van der Waals surface area contributed by atoms with Crippen molar-refractivity contribution in [2.75, 3.05) is 0 Å². The fourth-order valence-corrected chi connectivity index (χ4v) is 5.15. The van der Waals surface area contributed by atoms with E-state index >= 15 is 0 Å². The van der Waals surface area contributed by atoms with Gasteiger partial charge in [-0.15, -0.1) is 11.3 Å². The van der Waals surface area contributed by atoms with Crippen molar-refractivity contribution in [3.8, 4) is 0 Å². The average molecular weight is 309 g/mol. The lowest BCUT2D eigenvalue weighted by Gasteiger charge is -2.04. The van der Waals surface area contributed by atoms with Gasteiger partial charge < -0.3 is 0 Å². The van der Waals surface area contributed by atoms with Crippen molar-refractivity contribution in [2.24, 2.45) is 0 Å². The summed E-state index contributed by atoms with van der Waals surface area (Å²) >= 11 is 7.53. The van der Waals surface area contributed by atoms with Gasteiger partial charge in [0.2, 0.25) is 9.84 Å². The third-order valence-electron chi connectivity index (χ3n) is 2.86. The minimum Gasteiger partial charge on any atom is -0.218 e. The second-order valence-electron chi connectivity index (χ2n) is 4.03. The van der Waals surface area contributed by atoms with Gasteiger partial charge in [-0.25, -0.2) is 8.42 Å². The zero-order valence-electron chi connectivity index (χ0n) is 9.71. The molecule has 0 aliphatic rings. The van der Waals surface area contributed by atoms with Crippen LogP contribution in [0.5, 0.6) is 0 Å². The number of thiophene rings is 1. The number of rotatable bonds is 2. The van der Waals surface area contributed by atoms with Crippen molar-refractivity contribution >= 4 is 42.9 Å². The van der Waals surface area contributed by atoms with E-state index < -0.39 is 9.84 Å². The molecule has 96 valence electrons. The Morgan fingerprint density at radius 1 is 0.947 bits per heavy atom. The Labute approximate surface area is 120 Å². The summed E-state index contributed by atoms with van der Waals surface area (Å²) in [4.78, 5) is 0.568. The molecule has 3 rings (SSSR count). The van der Waals surface area contributed by atoms with Crippen LogP contribution in [0.4, 0.5) is 0 Å². The highest BCUT2D eigenvalue weighted by molar-refractivity contribution is 7.92. The molecule has 0 saturated heterocycles. The molecule has 0 aliphatic heterocycles. The van der Waals surface area contributed by atoms with Crippen LogP contribution in [-0.2, 0) is 9.84 Å². The Morgan fingerprint density at radius 3 is 2.42 bits per heavy atom. The van der Waals surface area contributed by atoms with E-state index in [0.29, 0.717) is 10.4 Å². The Morgan fingerprint density at radius 2 is 1.68 bits per heavy atom. The summed E-state index contributed by atoms with van der Waals surface area (Å²) < 4.78 is 26.1. The van der Waals surface area contributed by atoms with Crippen LogP contribution in [0.15, 0.2) is 63.7 Å². The number of hydrogen-bond acceptors (Lipinski definition) is 3. The minimum absolute atomic E-state index is 0.282. The highest BCUT2D eigenvalue weighted by Crippen LogP contribution is 2.37. The van der Waals surface area contributed by atoms with E-state index in [2.05, 4.69) is 0 Å². The molecule has 0 radical (unpaired) electrons. The van der Waals surface area contributed by atoms with Crippen molar-refractivity contribution in [3.05, 3.63) is 58.9 Å². The normalized spacial score (nSPS) is 11.8. The molecule has 0 spiro atoms. The first-order valence-electron chi connectivity index (χ1n) is 5.56. The van der Waals surface area contributed by atoms with Crippen molar-refractivity contribution < 1.29 is 8.42 Å². The number of sulfone groups is 1. The number of halogens is 1. The third kappa shape index (κ3) is 2.06. The molecule has 0 amide bonds. The van der Waals surface area contributed by atoms with E-state index in [4.69, 9.17) is 11.6 Å². The van der Waals surface area contributed by atoms with Gasteiger partial charge in [-0.2, -0.15) is 0 Å². The summed E-state index contributed by atoms with van der Waals surface area (Å²) in [7, 11) is -3.52. The van der Waals surface area contributed by atoms with E-state index in [9.17, 15) is 8.42 Å². The monoisotopic (exact) mass is 308 g/mol. The van der Waals surface area contributed by atoms with Crippen LogP contribution < -0.4 is 0 Å². The molecule has 0 bridgehead atoms. The van der Waals surface area contributed by atoms with Crippen LogP contribution in [0.25, 0.3) is 10.1 Å². The van der Waals surface area contributed by atoms with E-state index in [0.717, 1.165) is 4.70 Å². The molecule has 3 aromatic rings. The molecule has 0 atom stereocenters. The fourth-order valence-electron chi connectivity index (χ4n) is 1.94. The molecule has 0 N–H and O–H groups in total. The first kappa shape index (κ1) is 12.7. The Bertz CT molecular complexity index is 836. The van der Waals surface area contributed by atoms with Gasteiger partial charge in [0, 0.05) is 15.5 Å². The van der Waals surface area contributed by atoms with Gasteiger partial charge in [0.15, 0.2) is 0 Å². The molecule has 1 aromatic heterocycles. The maximum absolute atomic E-state index is 12.6. The summed E-state index contributed by atoms with van der Waals surface area (Å²) in [5, 5.41) is 2.73. The maximum Gasteiger partial charge on any atom is 0.208 e. The number of hydrogen-bond donors (Lipinski definition) is 0. The smallest absolute Gasteiger partial charge is 0.208 e. The molecule has 1 heterocycles. The van der Waals surface area contributed by atoms with Crippen LogP contribution >= 0.6 is 22.9 Å². The standard InChI is InChI=1S/C14H9ClO2S2/c15-11-7-4-8-12-14(11)13(9-18-12)19(16,17)10-5-2-1-3-6-10/h1-9H. The summed E-state index contributed by atoms with van der Waals surface area (Å²) in [6.45, 7) is 0. The molecule has 5 heteroatoms. The molecule has 0 fully saturated rings. The van der Waals surface area contributed by atoms with Crippen molar-refractivity contribution in [2.45, 2.75) is 9.79 Å². The van der Waals surface area contributed by atoms with E-state index in [-0.39, 0.29) is 9.79 Å². The van der Waals surface area contributed by atoms with E-state index in [1.54, 1.807) is 41.8 Å². The van der Waals surface area contributed by atoms with Gasteiger partial charge in [-0.3, -0.25) is 0 Å². The second kappa shape index (κ2) is 4.63. The minimum atomic E-state index is -3.52. The highest BCUT2D eigenvalue weighted by Gasteiger charge is 2.22. The summed E-state index contributed by atoms with van der Waals surface area (Å²) in [6.07, 6.45) is 0. The van der Waals surface area contributed by atoms with Gasteiger partial charge in [0.05, 0.1) is 14.8 Å². The molecule has 0 unspecified atom stereocenters. The van der Waals surface area contributed by atoms with Crippen LogP contribution in [0.2, 0.25) is 5.02 Å². The van der Waals surface area contributed by atoms with Crippen LogP contribution in [0.1, 0.15) is 0 Å². The lowest BCUT2D eigenvalue weighted by molar-refractivity contribution is 0.597. The average Bonchev–Trinajstić information content (AvgIpc) is 2.86. The second-order valence-corrected chi connectivity index (χ2v) is 7.27. The Hall–Kier alpha value is -1.36. The zero-order valence-corrected chi connectivity index (χ0v) is 12.1. The van der Waals surface area contributed by atoms with Crippen LogP contribution in [-0.4, -0.2) is 8.42 Å². The van der Waals surface area contributed by atoms with Gasteiger partial charge in [0.1, 0.15) is 0 Å². The lowest BCUT2D eigenvalue weighted by Crippen LogP contribution is -2.00. The predicted octanol–water partition coefficient (Wildman–Crippen LogP) is 4.39. The summed E-state index contributed by atoms with van der Waals surface area (Å²) in [5.41, 5.74) is 0. The quantitative estimate of drug-likeness (QED) is 0.703. The molecule has 0 aliphatic carbocycles. The van der Waals surface area contributed by atoms with Gasteiger partial charge >= 0.3 is 0 Å². The van der Waals surface area contributed by atoms with Gasteiger partial charge in [0.25, 0.3) is 0 Å². The first-order valence-corrected chi connectivity index (χ1v) is 8.30. The SMILES string of the molecule is O=S(=O)(c1ccccc1)c1csc2cccc(Cl)c12. The largest absolute Gasteiger partial charge is 0.218 e. The molecule has 2 nitrogen and oxygen atoms in total. The Kier molecular flexibility index (Phi) is 3.09. The van der Waals surface area contributed by atoms with E-state index in [1.807, 2.05) is 12.1 Å². The first-order chi connectivity index (χ1) is 9.10. The number of benzene rings is 2. The predicted molar refractivity (Wildman–Crippen MR) is 78.7 cm³/mol. The fraction of sp³-hybridized carbons (Fsp3) is 0. The van der Waals surface area contributed by atoms with Crippen molar-refractivity contribution in [1.29, 1.82) is 0 Å². The highest BCUT2D eigenvalue weighted by atomic mass is 35.5. The molecule has 0 saturated carbocycles. The summed E-state index contributed by atoms with van der Waals surface area (Å²) in [5.74, 6) is 0. The van der Waals surface area contributed by atoms with Crippen LogP contribution in [0, 0.1) is 0 Å². The molecular weight excluding hydrogens is 300 g/mol.